The zero-order valence-corrected chi connectivity index (χ0v) is 9.04. The summed E-state index contributed by atoms with van der Waals surface area (Å²) >= 11 is 2.29. The zero-order valence-electron chi connectivity index (χ0n) is 6.89. The Morgan fingerprint density at radius 3 is 2.42 bits per heavy atom. The van der Waals surface area contributed by atoms with Crippen LogP contribution in [0.3, 0.4) is 0 Å². The van der Waals surface area contributed by atoms with Gasteiger partial charge in [-0.25, -0.2) is 0 Å². The molecule has 0 aliphatic heterocycles. The number of allylic oxidation sites excluding steroid dienone is 2. The summed E-state index contributed by atoms with van der Waals surface area (Å²) in [6.45, 7) is 7.65. The largest absolute Gasteiger partial charge is 0.103 e. The molecule has 0 N–H and O–H groups in total. The van der Waals surface area contributed by atoms with Gasteiger partial charge < -0.3 is 0 Å². The average Bonchev–Trinajstić information content (AvgIpc) is 2.06. The van der Waals surface area contributed by atoms with Gasteiger partial charge in [0, 0.05) is 3.57 Å². The molecule has 0 heterocycles. The fourth-order valence-corrected chi connectivity index (χ4v) is 1.34. The Bertz CT molecular complexity index is 282. The molecule has 0 radical (unpaired) electrons. The summed E-state index contributed by atoms with van der Waals surface area (Å²) in [5, 5.41) is 0. The summed E-state index contributed by atoms with van der Waals surface area (Å²) < 4.78 is 1.25. The maximum atomic E-state index is 3.97. The van der Waals surface area contributed by atoms with Gasteiger partial charge in [-0.2, -0.15) is 0 Å². The van der Waals surface area contributed by atoms with E-state index in [-0.39, 0.29) is 0 Å². The predicted molar refractivity (Wildman–Crippen MR) is 63.0 cm³/mol. The lowest BCUT2D eigenvalue weighted by Gasteiger charge is -2.01. The smallest absolute Gasteiger partial charge is 0.0130 e. The molecule has 0 spiro atoms. The van der Waals surface area contributed by atoms with E-state index < -0.39 is 0 Å². The van der Waals surface area contributed by atoms with Gasteiger partial charge in [0.05, 0.1) is 0 Å². The molecule has 1 aromatic rings. The van der Waals surface area contributed by atoms with Crippen molar-refractivity contribution >= 4 is 28.2 Å². The highest BCUT2D eigenvalue weighted by molar-refractivity contribution is 14.1. The fraction of sp³-hybridized carbons (Fsp3) is 0.0909. The molecule has 1 rings (SSSR count). The summed E-state index contributed by atoms with van der Waals surface area (Å²) in [6.07, 6.45) is 2.74. The van der Waals surface area contributed by atoms with Crippen molar-refractivity contribution in [1.82, 2.24) is 0 Å². The van der Waals surface area contributed by atoms with Crippen molar-refractivity contribution in [3.05, 3.63) is 52.6 Å². The molecule has 0 atom stereocenters. The van der Waals surface area contributed by atoms with Crippen molar-refractivity contribution in [2.45, 2.75) is 6.42 Å². The molecule has 0 saturated carbocycles. The van der Waals surface area contributed by atoms with E-state index in [9.17, 15) is 0 Å². The van der Waals surface area contributed by atoms with Crippen LogP contribution in [0.25, 0.3) is 5.57 Å². The molecule has 0 fully saturated rings. The first-order chi connectivity index (χ1) is 5.74. The molecular weight excluding hydrogens is 259 g/mol. The lowest BCUT2D eigenvalue weighted by Crippen LogP contribution is -1.80. The van der Waals surface area contributed by atoms with Crippen molar-refractivity contribution in [2.75, 3.05) is 0 Å². The molecule has 62 valence electrons. The van der Waals surface area contributed by atoms with E-state index in [1.165, 1.54) is 9.13 Å². The molecule has 0 nitrogen and oxygen atoms in total. The predicted octanol–water partition coefficient (Wildman–Crippen LogP) is 3.88. The van der Waals surface area contributed by atoms with Crippen molar-refractivity contribution in [3.8, 4) is 0 Å². The molecule has 0 amide bonds. The normalized spacial score (nSPS) is 9.42. The molecule has 0 aliphatic rings. The molecule has 0 aliphatic carbocycles. The topological polar surface area (TPSA) is 0 Å². The SMILES string of the molecule is C=CCC(=C)c1ccc(I)cc1. The maximum absolute atomic E-state index is 3.97. The van der Waals surface area contributed by atoms with Gasteiger partial charge in [0.2, 0.25) is 0 Å². The molecule has 0 aromatic heterocycles. The van der Waals surface area contributed by atoms with Crippen LogP contribution >= 0.6 is 22.6 Å². The number of rotatable bonds is 3. The van der Waals surface area contributed by atoms with Crippen LogP contribution < -0.4 is 0 Å². The standard InChI is InChI=1S/C11H11I/c1-3-4-9(2)10-5-7-11(12)8-6-10/h3,5-8H,1-2,4H2. The highest BCUT2D eigenvalue weighted by atomic mass is 127. The van der Waals surface area contributed by atoms with Gasteiger partial charge in [-0.3, -0.25) is 0 Å². The van der Waals surface area contributed by atoms with Gasteiger partial charge in [0.1, 0.15) is 0 Å². The van der Waals surface area contributed by atoms with Crippen LogP contribution in [0.15, 0.2) is 43.5 Å². The molecule has 1 aromatic carbocycles. The van der Waals surface area contributed by atoms with Crippen LogP contribution in [0.4, 0.5) is 0 Å². The lowest BCUT2D eigenvalue weighted by atomic mass is 10.1. The minimum Gasteiger partial charge on any atom is -0.103 e. The second kappa shape index (κ2) is 4.45. The average molecular weight is 270 g/mol. The van der Waals surface area contributed by atoms with Crippen LogP contribution in [0.5, 0.6) is 0 Å². The molecule has 0 saturated heterocycles. The van der Waals surface area contributed by atoms with Crippen molar-refractivity contribution in [2.24, 2.45) is 0 Å². The van der Waals surface area contributed by atoms with Gasteiger partial charge in [-0.05, 0) is 52.3 Å². The van der Waals surface area contributed by atoms with E-state index in [2.05, 4.69) is 60.0 Å². The summed E-state index contributed by atoms with van der Waals surface area (Å²) in [5.41, 5.74) is 2.33. The summed E-state index contributed by atoms with van der Waals surface area (Å²) in [6, 6.07) is 8.36. The third-order valence-electron chi connectivity index (χ3n) is 1.64. The summed E-state index contributed by atoms with van der Waals surface area (Å²) in [4.78, 5) is 0. The Hall–Kier alpha value is -0.570. The minimum atomic E-state index is 0.862. The third kappa shape index (κ3) is 2.48. The van der Waals surface area contributed by atoms with E-state index in [0.29, 0.717) is 0 Å². The third-order valence-corrected chi connectivity index (χ3v) is 2.36. The van der Waals surface area contributed by atoms with Crippen molar-refractivity contribution in [3.63, 3.8) is 0 Å². The second-order valence-electron chi connectivity index (χ2n) is 2.60. The zero-order chi connectivity index (χ0) is 8.97. The first kappa shape index (κ1) is 9.52. The number of hydrogen-bond acceptors (Lipinski definition) is 0. The monoisotopic (exact) mass is 270 g/mol. The molecule has 0 bridgehead atoms. The van der Waals surface area contributed by atoms with Gasteiger partial charge in [-0.1, -0.05) is 24.8 Å². The molecule has 1 heteroatoms. The Kier molecular flexibility index (Phi) is 3.53. The van der Waals surface area contributed by atoms with Crippen LogP contribution in [-0.4, -0.2) is 0 Å². The lowest BCUT2D eigenvalue weighted by molar-refractivity contribution is 1.40. The Labute approximate surface area is 87.1 Å². The first-order valence-corrected chi connectivity index (χ1v) is 4.86. The van der Waals surface area contributed by atoms with Crippen LogP contribution in [0.1, 0.15) is 12.0 Å². The van der Waals surface area contributed by atoms with Crippen molar-refractivity contribution < 1.29 is 0 Å². The van der Waals surface area contributed by atoms with Gasteiger partial charge >= 0.3 is 0 Å². The van der Waals surface area contributed by atoms with Crippen molar-refractivity contribution in [1.29, 1.82) is 0 Å². The van der Waals surface area contributed by atoms with E-state index >= 15 is 0 Å². The van der Waals surface area contributed by atoms with E-state index in [1.807, 2.05) is 6.08 Å². The highest BCUT2D eigenvalue weighted by Crippen LogP contribution is 2.17. The molecule has 0 unspecified atom stereocenters. The van der Waals surface area contributed by atoms with Gasteiger partial charge in [0.25, 0.3) is 0 Å². The number of benzene rings is 1. The Morgan fingerprint density at radius 1 is 1.33 bits per heavy atom. The number of hydrogen-bond donors (Lipinski definition) is 0. The van der Waals surface area contributed by atoms with E-state index in [0.717, 1.165) is 12.0 Å². The quantitative estimate of drug-likeness (QED) is 0.577. The summed E-state index contributed by atoms with van der Waals surface area (Å²) in [7, 11) is 0. The maximum Gasteiger partial charge on any atom is 0.0130 e. The molecule has 12 heavy (non-hydrogen) atoms. The van der Waals surface area contributed by atoms with Crippen LogP contribution in [-0.2, 0) is 0 Å². The number of halogens is 1. The fourth-order valence-electron chi connectivity index (χ4n) is 0.978. The first-order valence-electron chi connectivity index (χ1n) is 3.78. The van der Waals surface area contributed by atoms with Crippen LogP contribution in [0, 0.1) is 3.57 Å². The minimum absolute atomic E-state index is 0.862. The Morgan fingerprint density at radius 2 is 1.92 bits per heavy atom. The highest BCUT2D eigenvalue weighted by Gasteiger charge is 1.95. The van der Waals surface area contributed by atoms with E-state index in [1.54, 1.807) is 0 Å². The van der Waals surface area contributed by atoms with Gasteiger partial charge in [0.15, 0.2) is 0 Å². The van der Waals surface area contributed by atoms with E-state index in [4.69, 9.17) is 0 Å². The molecular formula is C11H11I. The Balaban J connectivity index is 2.82. The van der Waals surface area contributed by atoms with Crippen LogP contribution in [0.2, 0.25) is 0 Å². The second-order valence-corrected chi connectivity index (χ2v) is 3.85. The van der Waals surface area contributed by atoms with Gasteiger partial charge in [-0.15, -0.1) is 6.58 Å². The summed E-state index contributed by atoms with van der Waals surface area (Å²) in [5.74, 6) is 0.